The van der Waals surface area contributed by atoms with E-state index in [9.17, 15) is 13.2 Å². The molecule has 1 N–H and O–H groups in total. The minimum atomic E-state index is -3.64. The van der Waals surface area contributed by atoms with E-state index in [0.717, 1.165) is 18.4 Å². The van der Waals surface area contributed by atoms with Gasteiger partial charge in [-0.2, -0.15) is 4.31 Å². The minimum absolute atomic E-state index is 0.0304. The van der Waals surface area contributed by atoms with Crippen LogP contribution in [-0.4, -0.2) is 46.4 Å². The van der Waals surface area contributed by atoms with E-state index in [1.54, 1.807) is 30.5 Å². The molecule has 1 aliphatic rings. The van der Waals surface area contributed by atoms with E-state index >= 15 is 0 Å². The van der Waals surface area contributed by atoms with Gasteiger partial charge >= 0.3 is 0 Å². The average molecular weight is 430 g/mol. The first-order chi connectivity index (χ1) is 14.4. The van der Waals surface area contributed by atoms with Gasteiger partial charge in [0.25, 0.3) is 10.0 Å². The van der Waals surface area contributed by atoms with E-state index in [-0.39, 0.29) is 17.5 Å². The molecule has 0 unspecified atom stereocenters. The molecule has 1 fully saturated rings. The van der Waals surface area contributed by atoms with Gasteiger partial charge in [0.1, 0.15) is 6.54 Å². The predicted molar refractivity (Wildman–Crippen MR) is 110 cm³/mol. The summed E-state index contributed by atoms with van der Waals surface area (Å²) in [5.74, 6) is 0.834. The fourth-order valence-corrected chi connectivity index (χ4v) is 4.80. The SMILES string of the molecule is CC1CCN(S(=O)(=O)c2cn(CC(=O)Nc3cccc(-c4ccno4)c3)cn2)CC1. The van der Waals surface area contributed by atoms with Gasteiger partial charge in [0, 0.05) is 36.6 Å². The van der Waals surface area contributed by atoms with Crippen LogP contribution in [0.5, 0.6) is 0 Å². The molecule has 30 heavy (non-hydrogen) atoms. The molecule has 0 aliphatic carbocycles. The molecular weight excluding hydrogens is 406 g/mol. The Balaban J connectivity index is 1.40. The van der Waals surface area contributed by atoms with Crippen molar-refractivity contribution in [3.05, 3.63) is 49.1 Å². The Kier molecular flexibility index (Phi) is 5.69. The van der Waals surface area contributed by atoms with E-state index in [2.05, 4.69) is 22.4 Å². The highest BCUT2D eigenvalue weighted by Crippen LogP contribution is 2.23. The molecule has 0 spiro atoms. The molecular formula is C20H23N5O4S. The predicted octanol–water partition coefficient (Wildman–Crippen LogP) is 2.60. The lowest BCUT2D eigenvalue weighted by atomic mass is 10.0. The molecule has 2 aromatic heterocycles. The zero-order valence-corrected chi connectivity index (χ0v) is 17.4. The van der Waals surface area contributed by atoms with Crippen molar-refractivity contribution in [2.45, 2.75) is 31.3 Å². The smallest absolute Gasteiger partial charge is 0.262 e. The molecule has 0 saturated carbocycles. The highest BCUT2D eigenvalue weighted by atomic mass is 32.2. The number of rotatable bonds is 6. The number of hydrogen-bond acceptors (Lipinski definition) is 6. The van der Waals surface area contributed by atoms with E-state index < -0.39 is 10.0 Å². The van der Waals surface area contributed by atoms with Crippen LogP contribution in [0, 0.1) is 5.92 Å². The van der Waals surface area contributed by atoms with Crippen LogP contribution in [0.3, 0.4) is 0 Å². The Labute approximate surface area is 174 Å². The van der Waals surface area contributed by atoms with Gasteiger partial charge in [0.05, 0.1) is 12.5 Å². The van der Waals surface area contributed by atoms with Gasteiger partial charge in [-0.1, -0.05) is 24.2 Å². The molecule has 0 atom stereocenters. The lowest BCUT2D eigenvalue weighted by Gasteiger charge is -2.28. The summed E-state index contributed by atoms with van der Waals surface area (Å²) in [5.41, 5.74) is 1.39. The maximum Gasteiger partial charge on any atom is 0.262 e. The normalized spacial score (nSPS) is 15.9. The number of nitrogens with zero attached hydrogens (tertiary/aromatic N) is 4. The summed E-state index contributed by atoms with van der Waals surface area (Å²) in [5, 5.41) is 6.45. The summed E-state index contributed by atoms with van der Waals surface area (Å²) in [6, 6.07) is 8.93. The molecule has 3 aromatic rings. The molecule has 1 amide bonds. The summed E-state index contributed by atoms with van der Waals surface area (Å²) in [4.78, 5) is 16.4. The number of nitrogens with one attached hydrogen (secondary N) is 1. The maximum absolute atomic E-state index is 12.8. The van der Waals surface area contributed by atoms with Crippen molar-refractivity contribution in [2.24, 2.45) is 5.92 Å². The Morgan fingerprint density at radius 1 is 1.27 bits per heavy atom. The highest BCUT2D eigenvalue weighted by Gasteiger charge is 2.29. The van der Waals surface area contributed by atoms with E-state index in [1.165, 1.54) is 21.4 Å². The van der Waals surface area contributed by atoms with Crippen LogP contribution < -0.4 is 5.32 Å². The van der Waals surface area contributed by atoms with Crippen molar-refractivity contribution >= 4 is 21.6 Å². The van der Waals surface area contributed by atoms with Crippen molar-refractivity contribution < 1.29 is 17.7 Å². The van der Waals surface area contributed by atoms with E-state index in [0.29, 0.717) is 30.5 Å². The molecule has 0 bridgehead atoms. The maximum atomic E-state index is 12.8. The Morgan fingerprint density at radius 3 is 2.80 bits per heavy atom. The lowest BCUT2D eigenvalue weighted by Crippen LogP contribution is -2.38. The molecule has 0 radical (unpaired) electrons. The largest absolute Gasteiger partial charge is 0.356 e. The standard InChI is InChI=1S/C20H23N5O4S/c1-15-6-9-25(10-7-15)30(27,28)20-13-24(14-21-20)12-19(26)23-17-4-2-3-16(11-17)18-5-8-22-29-18/h2-5,8,11,13-15H,6-7,9-10,12H2,1H3,(H,23,26). The second-order valence-corrected chi connectivity index (χ2v) is 9.36. The van der Waals surface area contributed by atoms with Crippen molar-refractivity contribution in [1.29, 1.82) is 0 Å². The van der Waals surface area contributed by atoms with Crippen molar-refractivity contribution in [3.8, 4) is 11.3 Å². The number of anilines is 1. The van der Waals surface area contributed by atoms with Crippen LogP contribution in [0.4, 0.5) is 5.69 Å². The molecule has 1 saturated heterocycles. The number of hydrogen-bond donors (Lipinski definition) is 1. The molecule has 3 heterocycles. The summed E-state index contributed by atoms with van der Waals surface area (Å²) >= 11 is 0. The summed E-state index contributed by atoms with van der Waals surface area (Å²) < 4.78 is 33.6. The average Bonchev–Trinajstić information content (AvgIpc) is 3.41. The van der Waals surface area contributed by atoms with Gasteiger partial charge < -0.3 is 14.4 Å². The molecule has 1 aromatic carbocycles. The quantitative estimate of drug-likeness (QED) is 0.645. The third-order valence-corrected chi connectivity index (χ3v) is 6.94. The first kappa shape index (κ1) is 20.3. The number of piperidine rings is 1. The number of benzene rings is 1. The second-order valence-electron chi connectivity index (χ2n) is 7.48. The van der Waals surface area contributed by atoms with Crippen LogP contribution in [-0.2, 0) is 21.4 Å². The van der Waals surface area contributed by atoms with Crippen LogP contribution in [0.25, 0.3) is 11.3 Å². The van der Waals surface area contributed by atoms with Crippen LogP contribution in [0.2, 0.25) is 0 Å². The second kappa shape index (κ2) is 8.41. The molecule has 10 heteroatoms. The van der Waals surface area contributed by atoms with Crippen LogP contribution >= 0.6 is 0 Å². The van der Waals surface area contributed by atoms with Gasteiger partial charge in [-0.15, -0.1) is 0 Å². The monoisotopic (exact) mass is 429 g/mol. The fourth-order valence-electron chi connectivity index (χ4n) is 3.40. The van der Waals surface area contributed by atoms with Crippen molar-refractivity contribution in [3.63, 3.8) is 0 Å². The zero-order valence-electron chi connectivity index (χ0n) is 16.6. The first-order valence-electron chi connectivity index (χ1n) is 9.75. The number of imidazole rings is 1. The summed E-state index contributed by atoms with van der Waals surface area (Å²) in [6.07, 6.45) is 6.00. The van der Waals surface area contributed by atoms with Gasteiger partial charge in [-0.05, 0) is 30.9 Å². The molecule has 158 valence electrons. The topological polar surface area (TPSA) is 110 Å². The lowest BCUT2D eigenvalue weighted by molar-refractivity contribution is -0.116. The Morgan fingerprint density at radius 2 is 2.07 bits per heavy atom. The Hall–Kier alpha value is -2.98. The van der Waals surface area contributed by atoms with Gasteiger partial charge in [0.15, 0.2) is 10.8 Å². The van der Waals surface area contributed by atoms with E-state index in [1.807, 2.05) is 6.07 Å². The van der Waals surface area contributed by atoms with Gasteiger partial charge in [-0.3, -0.25) is 4.79 Å². The van der Waals surface area contributed by atoms with Crippen LogP contribution in [0.1, 0.15) is 19.8 Å². The van der Waals surface area contributed by atoms with Crippen molar-refractivity contribution in [2.75, 3.05) is 18.4 Å². The third kappa shape index (κ3) is 4.44. The summed E-state index contributed by atoms with van der Waals surface area (Å²) in [7, 11) is -3.64. The number of sulfonamides is 1. The number of carbonyl (C=O) groups is 1. The third-order valence-electron chi connectivity index (χ3n) is 5.15. The van der Waals surface area contributed by atoms with Crippen molar-refractivity contribution in [1.82, 2.24) is 19.0 Å². The molecule has 1 aliphatic heterocycles. The number of aromatic nitrogens is 3. The molecule has 4 rings (SSSR count). The van der Waals surface area contributed by atoms with E-state index in [4.69, 9.17) is 4.52 Å². The fraction of sp³-hybridized carbons (Fsp3) is 0.350. The number of carbonyl (C=O) groups excluding carboxylic acids is 1. The minimum Gasteiger partial charge on any atom is -0.356 e. The van der Waals surface area contributed by atoms with Crippen LogP contribution in [0.15, 0.2) is 58.6 Å². The van der Waals surface area contributed by atoms with Gasteiger partial charge in [-0.25, -0.2) is 13.4 Å². The zero-order chi connectivity index (χ0) is 21.1. The first-order valence-corrected chi connectivity index (χ1v) is 11.2. The Bertz CT molecular complexity index is 1120. The molecule has 9 nitrogen and oxygen atoms in total. The summed E-state index contributed by atoms with van der Waals surface area (Å²) in [6.45, 7) is 3.07. The van der Waals surface area contributed by atoms with Gasteiger partial charge in [0.2, 0.25) is 5.91 Å². The number of amides is 1. The highest BCUT2D eigenvalue weighted by molar-refractivity contribution is 7.89.